The lowest BCUT2D eigenvalue weighted by atomic mass is 10.3. The van der Waals surface area contributed by atoms with Gasteiger partial charge in [-0.15, -0.1) is 0 Å². The summed E-state index contributed by atoms with van der Waals surface area (Å²) in [5, 5.41) is 11.2. The predicted octanol–water partition coefficient (Wildman–Crippen LogP) is 1.50. The van der Waals surface area contributed by atoms with Crippen molar-refractivity contribution in [2.75, 3.05) is 19.8 Å². The lowest BCUT2D eigenvalue weighted by Gasteiger charge is -2.25. The summed E-state index contributed by atoms with van der Waals surface area (Å²) < 4.78 is 11.4. The third-order valence-corrected chi connectivity index (χ3v) is 5.66. The fraction of sp³-hybridized carbons (Fsp3) is 0.833. The van der Waals surface area contributed by atoms with Crippen LogP contribution in [0.4, 0.5) is 0 Å². The maximum atomic E-state index is 11.3. The number of aliphatic carboxylic acids is 1. The molecule has 0 unspecified atom stereocenters. The second-order valence-corrected chi connectivity index (χ2v) is 7.69. The molecule has 19 heavy (non-hydrogen) atoms. The van der Waals surface area contributed by atoms with Crippen LogP contribution >= 0.6 is 0 Å². The average molecular weight is 291 g/mol. The Balaban J connectivity index is 3.81. The van der Waals surface area contributed by atoms with E-state index in [1.54, 1.807) is 0 Å². The summed E-state index contributed by atoms with van der Waals surface area (Å²) >= 11 is 0. The number of carboxylic acid groups (broad SMARTS) is 1. The molecule has 0 saturated heterocycles. The zero-order valence-electron chi connectivity index (χ0n) is 12.0. The van der Waals surface area contributed by atoms with Crippen molar-refractivity contribution in [3.63, 3.8) is 0 Å². The SMILES string of the molecule is CCO[Si](C)(CCCNC(=O)CCC(=O)O)OCC. The highest BCUT2D eigenvalue weighted by Gasteiger charge is 2.29. The molecule has 0 aromatic rings. The van der Waals surface area contributed by atoms with E-state index in [1.807, 2.05) is 20.4 Å². The van der Waals surface area contributed by atoms with Crippen molar-refractivity contribution < 1.29 is 23.5 Å². The van der Waals surface area contributed by atoms with Gasteiger partial charge >= 0.3 is 14.5 Å². The molecule has 1 amide bonds. The third kappa shape index (κ3) is 9.63. The number of carboxylic acids is 1. The standard InChI is InChI=1S/C12H25NO5Si/c1-4-17-19(3,18-5-2)10-6-9-13-11(14)7-8-12(15)16/h4-10H2,1-3H3,(H,13,14)(H,15,16). The zero-order chi connectivity index (χ0) is 14.7. The number of rotatable bonds is 11. The first kappa shape index (κ1) is 18.1. The Morgan fingerprint density at radius 3 is 2.21 bits per heavy atom. The van der Waals surface area contributed by atoms with Crippen LogP contribution in [-0.2, 0) is 18.4 Å². The highest BCUT2D eigenvalue weighted by Crippen LogP contribution is 2.15. The summed E-state index contributed by atoms with van der Waals surface area (Å²) in [6, 6.07) is 0.813. The van der Waals surface area contributed by atoms with E-state index in [0.29, 0.717) is 19.8 Å². The first-order valence-corrected chi connectivity index (χ1v) is 9.22. The van der Waals surface area contributed by atoms with Crippen molar-refractivity contribution in [1.82, 2.24) is 5.32 Å². The van der Waals surface area contributed by atoms with Gasteiger partial charge in [-0.2, -0.15) is 0 Å². The molecule has 0 saturated carbocycles. The van der Waals surface area contributed by atoms with Gasteiger partial charge in [0.15, 0.2) is 0 Å². The van der Waals surface area contributed by atoms with Gasteiger partial charge < -0.3 is 19.3 Å². The van der Waals surface area contributed by atoms with Crippen LogP contribution in [0.25, 0.3) is 0 Å². The highest BCUT2D eigenvalue weighted by molar-refractivity contribution is 6.66. The van der Waals surface area contributed by atoms with Gasteiger partial charge in [0, 0.05) is 26.2 Å². The van der Waals surface area contributed by atoms with Gasteiger partial charge in [-0.1, -0.05) is 0 Å². The first-order chi connectivity index (χ1) is 8.93. The van der Waals surface area contributed by atoms with Crippen LogP contribution < -0.4 is 5.32 Å². The molecule has 0 aromatic carbocycles. The molecule has 0 fully saturated rings. The van der Waals surface area contributed by atoms with E-state index in [2.05, 4.69) is 5.32 Å². The second kappa shape index (κ2) is 9.94. The molecule has 0 atom stereocenters. The van der Waals surface area contributed by atoms with Crippen molar-refractivity contribution in [1.29, 1.82) is 0 Å². The minimum absolute atomic E-state index is 0.0287. The van der Waals surface area contributed by atoms with Crippen LogP contribution in [0, 0.1) is 0 Å². The van der Waals surface area contributed by atoms with Gasteiger partial charge in [-0.25, -0.2) is 0 Å². The zero-order valence-corrected chi connectivity index (χ0v) is 13.0. The minimum Gasteiger partial charge on any atom is -0.481 e. The van der Waals surface area contributed by atoms with Crippen LogP contribution in [0.5, 0.6) is 0 Å². The molecule has 0 aliphatic rings. The molecule has 0 spiro atoms. The quantitative estimate of drug-likeness (QED) is 0.445. The molecule has 0 aliphatic carbocycles. The topological polar surface area (TPSA) is 84.9 Å². The summed E-state index contributed by atoms with van der Waals surface area (Å²) in [5.74, 6) is -1.18. The Bertz CT molecular complexity index is 279. The van der Waals surface area contributed by atoms with Crippen molar-refractivity contribution in [2.24, 2.45) is 0 Å². The van der Waals surface area contributed by atoms with E-state index in [-0.39, 0.29) is 18.7 Å². The second-order valence-electron chi connectivity index (χ2n) is 4.35. The Labute approximate surface area is 115 Å². The normalized spacial score (nSPS) is 11.3. The fourth-order valence-corrected chi connectivity index (χ4v) is 4.16. The molecular weight excluding hydrogens is 266 g/mol. The molecule has 0 rings (SSSR count). The molecule has 0 bridgehead atoms. The summed E-state index contributed by atoms with van der Waals surface area (Å²) in [6.45, 7) is 7.70. The smallest absolute Gasteiger partial charge is 0.334 e. The van der Waals surface area contributed by atoms with Crippen molar-refractivity contribution >= 4 is 20.4 Å². The first-order valence-electron chi connectivity index (χ1n) is 6.70. The van der Waals surface area contributed by atoms with Crippen LogP contribution in [0.3, 0.4) is 0 Å². The van der Waals surface area contributed by atoms with Gasteiger partial charge in [0.25, 0.3) is 0 Å². The average Bonchev–Trinajstić information content (AvgIpc) is 2.33. The number of carbonyl (C=O) groups excluding carboxylic acids is 1. The van der Waals surface area contributed by atoms with Gasteiger partial charge in [0.05, 0.1) is 6.42 Å². The highest BCUT2D eigenvalue weighted by atomic mass is 28.4. The largest absolute Gasteiger partial charge is 0.481 e. The molecule has 0 radical (unpaired) electrons. The van der Waals surface area contributed by atoms with Gasteiger partial charge in [-0.3, -0.25) is 9.59 Å². The maximum absolute atomic E-state index is 11.3. The Kier molecular flexibility index (Phi) is 9.45. The van der Waals surface area contributed by atoms with Gasteiger partial charge in [-0.05, 0) is 32.9 Å². The summed E-state index contributed by atoms with van der Waals surface area (Å²) in [5.41, 5.74) is 0. The van der Waals surface area contributed by atoms with E-state index >= 15 is 0 Å². The van der Waals surface area contributed by atoms with E-state index in [4.69, 9.17) is 14.0 Å². The predicted molar refractivity (Wildman–Crippen MR) is 74.2 cm³/mol. The lowest BCUT2D eigenvalue weighted by molar-refractivity contribution is -0.138. The molecule has 2 N–H and O–H groups in total. The van der Waals surface area contributed by atoms with Crippen molar-refractivity contribution in [3.05, 3.63) is 0 Å². The Morgan fingerprint density at radius 1 is 1.16 bits per heavy atom. The lowest BCUT2D eigenvalue weighted by Crippen LogP contribution is -2.39. The molecule has 6 nitrogen and oxygen atoms in total. The van der Waals surface area contributed by atoms with Crippen LogP contribution in [-0.4, -0.2) is 45.3 Å². The number of carbonyl (C=O) groups is 2. The van der Waals surface area contributed by atoms with E-state index in [9.17, 15) is 9.59 Å². The summed E-state index contributed by atoms with van der Waals surface area (Å²) in [6.07, 6.45) is 0.679. The molecule has 7 heteroatoms. The van der Waals surface area contributed by atoms with Crippen LogP contribution in [0.1, 0.15) is 33.1 Å². The maximum Gasteiger partial charge on any atom is 0.334 e. The number of hydrogen-bond donors (Lipinski definition) is 2. The summed E-state index contributed by atoms with van der Waals surface area (Å²) in [4.78, 5) is 21.6. The fourth-order valence-electron chi connectivity index (χ4n) is 1.74. The third-order valence-electron chi connectivity index (χ3n) is 2.60. The summed E-state index contributed by atoms with van der Waals surface area (Å²) in [7, 11) is -2.10. The number of hydrogen-bond acceptors (Lipinski definition) is 4. The Hall–Kier alpha value is -0.923. The monoisotopic (exact) mass is 291 g/mol. The number of nitrogens with one attached hydrogen (secondary N) is 1. The van der Waals surface area contributed by atoms with E-state index in [1.165, 1.54) is 0 Å². The van der Waals surface area contributed by atoms with Gasteiger partial charge in [0.2, 0.25) is 5.91 Å². The molecule has 0 aromatic heterocycles. The molecular formula is C12H25NO5Si. The number of amides is 1. The van der Waals surface area contributed by atoms with Crippen LogP contribution in [0.2, 0.25) is 12.6 Å². The Morgan fingerprint density at radius 2 is 1.74 bits per heavy atom. The molecule has 0 heterocycles. The van der Waals surface area contributed by atoms with Crippen LogP contribution in [0.15, 0.2) is 0 Å². The van der Waals surface area contributed by atoms with Crippen molar-refractivity contribution in [2.45, 2.75) is 45.7 Å². The molecule has 0 aliphatic heterocycles. The van der Waals surface area contributed by atoms with E-state index < -0.39 is 14.5 Å². The van der Waals surface area contributed by atoms with E-state index in [0.717, 1.165) is 12.5 Å². The molecule has 112 valence electrons. The van der Waals surface area contributed by atoms with Gasteiger partial charge in [0.1, 0.15) is 0 Å². The van der Waals surface area contributed by atoms with Crippen molar-refractivity contribution in [3.8, 4) is 0 Å². The minimum atomic E-state index is -2.10.